The van der Waals surface area contributed by atoms with Crippen molar-refractivity contribution in [3.05, 3.63) is 101 Å². The number of thiophene rings is 1. The van der Waals surface area contributed by atoms with Gasteiger partial charge in [0.25, 0.3) is 0 Å². The Morgan fingerprint density at radius 1 is 0.762 bits per heavy atom. The van der Waals surface area contributed by atoms with E-state index in [1.165, 1.54) is 55.3 Å². The van der Waals surface area contributed by atoms with Crippen LogP contribution in [-0.4, -0.2) is 34.1 Å². The van der Waals surface area contributed by atoms with Gasteiger partial charge >= 0.3 is 204 Å². The molecule has 6 aromatic rings. The van der Waals surface area contributed by atoms with Gasteiger partial charge in [0.2, 0.25) is 0 Å². The molecule has 4 nitrogen and oxygen atoms in total. The molecule has 2 aliphatic carbocycles. The Morgan fingerprint density at radius 3 is 1.89 bits per heavy atom. The number of aromatic nitrogens is 2. The fourth-order valence-corrected chi connectivity index (χ4v) is 16.3. The van der Waals surface area contributed by atoms with E-state index in [0.29, 0.717) is 0 Å². The number of fused-ring (bicyclic) bond motifs is 6. The van der Waals surface area contributed by atoms with E-state index in [1.807, 2.05) is 39.0 Å². The van der Waals surface area contributed by atoms with Crippen LogP contribution < -0.4 is 4.40 Å². The minimum Gasteiger partial charge on any atom is -0.512 e. The Labute approximate surface area is 398 Å². The van der Waals surface area contributed by atoms with Crippen molar-refractivity contribution in [3.63, 3.8) is 0 Å². The Morgan fingerprint density at radius 2 is 1.33 bits per heavy atom. The molecule has 0 atom stereocenters. The molecule has 0 unspecified atom stereocenters. The van der Waals surface area contributed by atoms with Gasteiger partial charge in [-0.15, -0.1) is 0 Å². The van der Waals surface area contributed by atoms with Crippen LogP contribution >= 0.6 is 11.3 Å². The van der Waals surface area contributed by atoms with Gasteiger partial charge in [0.05, 0.1) is 5.76 Å². The summed E-state index contributed by atoms with van der Waals surface area (Å²) in [6, 6.07) is 24.7. The van der Waals surface area contributed by atoms with Crippen molar-refractivity contribution in [1.29, 1.82) is 0 Å². The molecule has 0 saturated carbocycles. The second kappa shape index (κ2) is 17.9. The summed E-state index contributed by atoms with van der Waals surface area (Å²) in [5.41, 5.74) is 12.7. The molecule has 0 bridgehead atoms. The maximum absolute atomic E-state index is 11.7. The second-order valence-corrected chi connectivity index (χ2v) is 33.7. The average Bonchev–Trinajstić information content (AvgIpc) is 3.73. The van der Waals surface area contributed by atoms with Crippen LogP contribution in [0.25, 0.3) is 53.5 Å². The smallest absolute Gasteiger partial charge is 0.512 e. The number of aliphatic hydroxyl groups excluding tert-OH is 1. The van der Waals surface area contributed by atoms with E-state index in [0.717, 1.165) is 47.2 Å². The van der Waals surface area contributed by atoms with Crippen LogP contribution in [0.15, 0.2) is 72.8 Å². The minimum absolute atomic E-state index is 0. The molecule has 0 spiro atoms. The molecule has 0 aliphatic heterocycles. The quantitative estimate of drug-likeness (QED) is 0.0643. The number of hydrogen-bond acceptors (Lipinski definition) is 5. The summed E-state index contributed by atoms with van der Waals surface area (Å²) in [6.07, 6.45) is 8.99. The number of rotatable bonds is 10. The average molecular weight is 1100 g/mol. The van der Waals surface area contributed by atoms with E-state index in [2.05, 4.69) is 133 Å². The number of benzene rings is 4. The number of ketones is 1. The molecule has 1 radical (unpaired) electrons. The van der Waals surface area contributed by atoms with Crippen LogP contribution in [-0.2, 0) is 46.6 Å². The molecule has 8 rings (SSSR count). The van der Waals surface area contributed by atoms with Crippen molar-refractivity contribution in [1.82, 2.24) is 9.97 Å². The van der Waals surface area contributed by atoms with E-state index in [1.54, 1.807) is 28.6 Å². The Hall–Kier alpha value is -3.16. The third-order valence-corrected chi connectivity index (χ3v) is 19.8. The molecule has 0 fully saturated rings. The fraction of sp³-hybridized carbons (Fsp3) is 0.482. The molecule has 0 amide bonds. The number of carbonyl (C=O) groups excluding carboxylic acids is 1. The van der Waals surface area contributed by atoms with Crippen LogP contribution in [0.4, 0.5) is 0 Å². The zero-order valence-corrected chi connectivity index (χ0v) is 46.0. The van der Waals surface area contributed by atoms with Gasteiger partial charge in [-0.05, 0) is 49.4 Å². The molecule has 0 saturated heterocycles. The van der Waals surface area contributed by atoms with Gasteiger partial charge < -0.3 is 5.11 Å². The van der Waals surface area contributed by atoms with Gasteiger partial charge in [0, 0.05) is 38.0 Å². The Bertz CT molecular complexity index is 2670. The minimum atomic E-state index is -2.19. The topological polar surface area (TPSA) is 63.1 Å². The first-order valence-electron chi connectivity index (χ1n) is 23.3. The number of carbonyl (C=O) groups is 1. The number of allylic oxidation sites excluding steroid dienone is 2. The van der Waals surface area contributed by atoms with Crippen molar-refractivity contribution in [2.75, 3.05) is 0 Å². The van der Waals surface area contributed by atoms with Crippen LogP contribution in [0.5, 0.6) is 0 Å². The van der Waals surface area contributed by atoms with Crippen LogP contribution in [0.3, 0.4) is 0 Å². The van der Waals surface area contributed by atoms with E-state index in [4.69, 9.17) is 9.97 Å². The Balaban J connectivity index is 0.000000356. The fourth-order valence-electron chi connectivity index (χ4n) is 11.7. The summed E-state index contributed by atoms with van der Waals surface area (Å²) in [4.78, 5) is 21.5. The second-order valence-electron chi connectivity index (χ2n) is 22.1. The van der Waals surface area contributed by atoms with Crippen molar-refractivity contribution < 1.29 is 30.0 Å². The molecular weight excluding hydrogens is 1030 g/mol. The normalized spacial score (nSPS) is 17.2. The third-order valence-electron chi connectivity index (χ3n) is 14.4. The summed E-state index contributed by atoms with van der Waals surface area (Å²) < 4.78 is 3.95. The molecule has 63 heavy (non-hydrogen) atoms. The SMILES string of the molecule is CC1(C)CC(C)(C)c2c1cc1c(c2-c2ccc3c(c2)sc2c(-c4[c-]c5ccccc5[c]([Ge]([CH3])([CH3])[CH3])c4)ncnc23)C(C)(C)CC1(C)C.CCC(CC)C(=O)/C=C(\O)C(CC)CC.[Ir]. The van der Waals surface area contributed by atoms with E-state index in [-0.39, 0.29) is 65.1 Å². The molecule has 337 valence electrons. The molecule has 7 heteroatoms. The standard InChI is InChI=1S/C43H47GeN2S.C13H24O2.Ir/c1-40(2)22-42(5,6)35-30(40)21-31-36(43(7,8)23-41(31,3)4)34(35)26-16-17-29-33(20-26)47-39-37(45-24-46-38(29)39)27-18-25-14-12-13-15-28(25)32(19-27)44(9,10)11;1-5-10(6-2)12(14)9-13(15)11(7-3)8-4;/h12-17,19-21,24H,22-23H2,1-11H3;9-11,14H,5-8H2,1-4H3;/q-1;;/b;12-9-;. The van der Waals surface area contributed by atoms with Gasteiger partial charge in [-0.25, -0.2) is 0 Å². The van der Waals surface area contributed by atoms with Gasteiger partial charge in [-0.2, -0.15) is 0 Å². The zero-order valence-electron chi connectivity index (χ0n) is 40.7. The number of aliphatic hydroxyl groups is 1. The first kappa shape index (κ1) is 49.3. The summed E-state index contributed by atoms with van der Waals surface area (Å²) in [5.74, 6) is 7.98. The third kappa shape index (κ3) is 9.06. The summed E-state index contributed by atoms with van der Waals surface area (Å²) in [7, 11) is 0. The van der Waals surface area contributed by atoms with E-state index < -0.39 is 13.3 Å². The molecule has 4 aromatic carbocycles. The molecular formula is C56H71GeIrN2O2S-. The van der Waals surface area contributed by atoms with E-state index >= 15 is 0 Å². The van der Waals surface area contributed by atoms with E-state index in [9.17, 15) is 9.90 Å². The number of nitrogens with zero attached hydrogens (tertiary/aromatic N) is 2. The Kier molecular flexibility index (Phi) is 14.0. The number of hydrogen-bond donors (Lipinski definition) is 1. The zero-order chi connectivity index (χ0) is 45.3. The summed E-state index contributed by atoms with van der Waals surface area (Å²) >= 11 is -0.348. The molecule has 1 N–H and O–H groups in total. The van der Waals surface area contributed by atoms with Crippen molar-refractivity contribution in [2.45, 2.75) is 161 Å². The van der Waals surface area contributed by atoms with Crippen LogP contribution in [0, 0.1) is 17.9 Å². The first-order valence-corrected chi connectivity index (χ1v) is 31.5. The van der Waals surface area contributed by atoms with Crippen LogP contribution in [0.1, 0.15) is 144 Å². The monoisotopic (exact) mass is 1100 g/mol. The first-order chi connectivity index (χ1) is 29.0. The predicted octanol–water partition coefficient (Wildman–Crippen LogP) is 15.5. The molecule has 2 aromatic heterocycles. The van der Waals surface area contributed by atoms with Gasteiger partial charge in [0.15, 0.2) is 5.78 Å². The van der Waals surface area contributed by atoms with Gasteiger partial charge in [-0.1, -0.05) is 89.2 Å². The molecule has 2 heterocycles. The summed E-state index contributed by atoms with van der Waals surface area (Å²) in [5, 5.41) is 13.5. The van der Waals surface area contributed by atoms with Crippen molar-refractivity contribution in [3.8, 4) is 22.4 Å². The van der Waals surface area contributed by atoms with Crippen molar-refractivity contribution >= 4 is 65.9 Å². The van der Waals surface area contributed by atoms with Crippen molar-refractivity contribution in [2.24, 2.45) is 11.8 Å². The maximum atomic E-state index is 11.7. The molecule has 2 aliphatic rings. The predicted molar refractivity (Wildman–Crippen MR) is 270 cm³/mol. The van der Waals surface area contributed by atoms with Gasteiger partial charge in [0.1, 0.15) is 0 Å². The van der Waals surface area contributed by atoms with Crippen LogP contribution in [0.2, 0.25) is 17.3 Å². The van der Waals surface area contributed by atoms with Gasteiger partial charge in [-0.3, -0.25) is 4.79 Å². The summed E-state index contributed by atoms with van der Waals surface area (Å²) in [6.45, 7) is 27.8.